The van der Waals surface area contributed by atoms with Crippen molar-refractivity contribution in [2.75, 3.05) is 11.9 Å². The second kappa shape index (κ2) is 12.0. The maximum atomic E-state index is 15.4. The van der Waals surface area contributed by atoms with Crippen LogP contribution in [0.25, 0.3) is 11.2 Å². The van der Waals surface area contributed by atoms with Crippen LogP contribution in [-0.2, 0) is 23.4 Å². The van der Waals surface area contributed by atoms with E-state index in [9.17, 15) is 14.5 Å². The zero-order chi connectivity index (χ0) is 29.3. The fourth-order valence-corrected chi connectivity index (χ4v) is 5.81. The van der Waals surface area contributed by atoms with E-state index < -0.39 is 57.1 Å². The summed E-state index contributed by atoms with van der Waals surface area (Å²) in [5, 5.41) is 16.6. The molecule has 13 nitrogen and oxygen atoms in total. The number of carbonyl (C=O) groups excluding carboxylic acids is 1. The van der Waals surface area contributed by atoms with Gasteiger partial charge in [0.15, 0.2) is 29.4 Å². The molecule has 1 aromatic carbocycles. The molecule has 222 valence electrons. The SMILES string of the molecule is Cc1nc(NC2CC2)c2ncn([C@@H]3O[C@H](CO[P@@](=O)(N[C@H](C)C(=O)OC(C)C)Oc4ccccc4)[C@@H](O)[C@@H]3F)c2n1. The monoisotopic (exact) mass is 592 g/mol. The molecule has 15 heteroatoms. The molecule has 1 saturated heterocycles. The number of carbonyl (C=O) groups is 1. The third-order valence-electron chi connectivity index (χ3n) is 6.45. The highest BCUT2D eigenvalue weighted by Gasteiger charge is 2.47. The highest BCUT2D eigenvalue weighted by molar-refractivity contribution is 7.52. The van der Waals surface area contributed by atoms with Crippen molar-refractivity contribution < 1.29 is 37.4 Å². The minimum atomic E-state index is -4.25. The molecule has 1 aliphatic carbocycles. The maximum absolute atomic E-state index is 15.4. The van der Waals surface area contributed by atoms with Crippen LogP contribution in [0.2, 0.25) is 0 Å². The predicted octanol–water partition coefficient (Wildman–Crippen LogP) is 3.44. The van der Waals surface area contributed by atoms with Gasteiger partial charge in [0.25, 0.3) is 0 Å². The lowest BCUT2D eigenvalue weighted by Crippen LogP contribution is -2.37. The second-order valence-corrected chi connectivity index (χ2v) is 12.1. The highest BCUT2D eigenvalue weighted by Crippen LogP contribution is 2.46. The number of aliphatic hydroxyl groups is 1. The van der Waals surface area contributed by atoms with Gasteiger partial charge in [-0.05, 0) is 52.7 Å². The fraction of sp³-hybridized carbons (Fsp3) is 0.538. The Hall–Kier alpha value is -3.16. The van der Waals surface area contributed by atoms with Gasteiger partial charge in [-0.2, -0.15) is 5.09 Å². The summed E-state index contributed by atoms with van der Waals surface area (Å²) in [5.74, 6) is 0.558. The lowest BCUT2D eigenvalue weighted by molar-refractivity contribution is -0.149. The maximum Gasteiger partial charge on any atom is 0.459 e. The molecule has 3 aromatic rings. The number of benzene rings is 1. The quantitative estimate of drug-likeness (QED) is 0.208. The summed E-state index contributed by atoms with van der Waals surface area (Å²) >= 11 is 0. The molecule has 5 rings (SSSR count). The lowest BCUT2D eigenvalue weighted by atomic mass is 10.1. The molecule has 2 fully saturated rings. The van der Waals surface area contributed by atoms with Gasteiger partial charge in [0.2, 0.25) is 0 Å². The Morgan fingerprint density at radius 3 is 2.66 bits per heavy atom. The highest BCUT2D eigenvalue weighted by atomic mass is 31.2. The van der Waals surface area contributed by atoms with E-state index in [-0.39, 0.29) is 5.75 Å². The number of hydrogen-bond donors (Lipinski definition) is 3. The number of aromatic nitrogens is 4. The van der Waals surface area contributed by atoms with E-state index in [2.05, 4.69) is 25.4 Å². The summed E-state index contributed by atoms with van der Waals surface area (Å²) in [6.45, 7) is 6.02. The molecule has 3 heterocycles. The third-order valence-corrected chi connectivity index (χ3v) is 8.10. The van der Waals surface area contributed by atoms with Gasteiger partial charge in [-0.15, -0.1) is 0 Å². The Bertz CT molecular complexity index is 1420. The van der Waals surface area contributed by atoms with Crippen molar-refractivity contribution in [1.29, 1.82) is 0 Å². The lowest BCUT2D eigenvalue weighted by Gasteiger charge is -2.25. The van der Waals surface area contributed by atoms with Crippen molar-refractivity contribution in [3.8, 4) is 5.75 Å². The molecule has 3 N–H and O–H groups in total. The fourth-order valence-electron chi connectivity index (χ4n) is 4.30. The average Bonchev–Trinajstić information content (AvgIpc) is 3.57. The van der Waals surface area contributed by atoms with E-state index in [4.69, 9.17) is 18.5 Å². The van der Waals surface area contributed by atoms with Crippen LogP contribution in [0.5, 0.6) is 5.75 Å². The number of rotatable bonds is 12. The number of anilines is 1. The first-order chi connectivity index (χ1) is 19.5. The number of hydrogen-bond acceptors (Lipinski definition) is 11. The number of nitrogens with one attached hydrogen (secondary N) is 2. The van der Waals surface area contributed by atoms with Crippen LogP contribution < -0.4 is 14.9 Å². The molecule has 41 heavy (non-hydrogen) atoms. The van der Waals surface area contributed by atoms with E-state index in [1.54, 1.807) is 51.1 Å². The summed E-state index contributed by atoms with van der Waals surface area (Å²) in [4.78, 5) is 25.6. The van der Waals surface area contributed by atoms with E-state index in [0.29, 0.717) is 28.8 Å². The minimum absolute atomic E-state index is 0.206. The van der Waals surface area contributed by atoms with Gasteiger partial charge < -0.3 is 24.4 Å². The normalized spacial score (nSPS) is 24.8. The second-order valence-electron chi connectivity index (χ2n) is 10.4. The summed E-state index contributed by atoms with van der Waals surface area (Å²) in [5.41, 5.74) is 0.805. The number of fused-ring (bicyclic) bond motifs is 1. The largest absolute Gasteiger partial charge is 0.462 e. The Morgan fingerprint density at radius 1 is 1.24 bits per heavy atom. The van der Waals surface area contributed by atoms with Gasteiger partial charge in [0.1, 0.15) is 29.8 Å². The number of para-hydroxylation sites is 1. The van der Waals surface area contributed by atoms with E-state index in [1.807, 2.05) is 0 Å². The number of aliphatic hydroxyl groups excluding tert-OH is 1. The van der Waals surface area contributed by atoms with Crippen LogP contribution in [0.3, 0.4) is 0 Å². The third kappa shape index (κ3) is 6.84. The predicted molar refractivity (Wildman–Crippen MR) is 146 cm³/mol. The molecular weight excluding hydrogens is 558 g/mol. The minimum Gasteiger partial charge on any atom is -0.462 e. The molecule has 6 atom stereocenters. The Labute approximate surface area is 236 Å². The molecule has 0 amide bonds. The molecule has 2 aliphatic rings. The Morgan fingerprint density at radius 2 is 1.98 bits per heavy atom. The van der Waals surface area contributed by atoms with Crippen LogP contribution in [0.15, 0.2) is 36.7 Å². The molecule has 1 saturated carbocycles. The van der Waals surface area contributed by atoms with Crippen LogP contribution in [0.4, 0.5) is 10.2 Å². The molecule has 2 aromatic heterocycles. The van der Waals surface area contributed by atoms with Crippen molar-refractivity contribution >= 4 is 30.7 Å². The summed E-state index contributed by atoms with van der Waals surface area (Å²) in [6, 6.07) is 7.45. The van der Waals surface area contributed by atoms with Crippen molar-refractivity contribution in [2.45, 2.75) is 83.3 Å². The van der Waals surface area contributed by atoms with Crippen molar-refractivity contribution in [2.24, 2.45) is 0 Å². The Kier molecular flexibility index (Phi) is 8.57. The topological polar surface area (TPSA) is 159 Å². The number of alkyl halides is 1. The zero-order valence-corrected chi connectivity index (χ0v) is 24.0. The van der Waals surface area contributed by atoms with Crippen molar-refractivity contribution in [1.82, 2.24) is 24.6 Å². The van der Waals surface area contributed by atoms with Crippen molar-refractivity contribution in [3.05, 3.63) is 42.5 Å². The summed E-state index contributed by atoms with van der Waals surface area (Å²) in [6.07, 6.45) is -2.96. The average molecular weight is 593 g/mol. The van der Waals surface area contributed by atoms with Gasteiger partial charge in [-0.3, -0.25) is 13.9 Å². The van der Waals surface area contributed by atoms with Gasteiger partial charge in [-0.1, -0.05) is 18.2 Å². The molecule has 0 bridgehead atoms. The van der Waals surface area contributed by atoms with Gasteiger partial charge in [0, 0.05) is 6.04 Å². The van der Waals surface area contributed by atoms with Crippen LogP contribution in [0.1, 0.15) is 45.7 Å². The molecule has 0 spiro atoms. The molecular formula is C26H34FN6O7P. The number of imidazole rings is 1. The van der Waals surface area contributed by atoms with Gasteiger partial charge in [0.05, 0.1) is 19.0 Å². The van der Waals surface area contributed by atoms with Gasteiger partial charge >= 0.3 is 13.7 Å². The van der Waals surface area contributed by atoms with Gasteiger partial charge in [-0.25, -0.2) is 23.9 Å². The van der Waals surface area contributed by atoms with E-state index in [1.165, 1.54) is 17.8 Å². The first kappa shape index (κ1) is 29.3. The standard InChI is InChI=1S/C26H34FN6O7P/c1-14(2)38-26(35)15(3)32-41(36,40-18-8-6-5-7-9-18)37-12-19-22(34)20(27)25(39-19)33-13-28-21-23(31-17-10-11-17)29-16(4)30-24(21)33/h5-9,13-15,17,19-20,22,25,34H,10-12H2,1-4H3,(H,32,36)(H,29,30,31)/t15-,19-,20+,22-,25-,41+/m1/s1. The number of halogens is 1. The first-order valence-corrected chi connectivity index (χ1v) is 15.0. The first-order valence-electron chi connectivity index (χ1n) is 13.5. The van der Waals surface area contributed by atoms with Crippen molar-refractivity contribution in [3.63, 3.8) is 0 Å². The number of esters is 1. The number of ether oxygens (including phenoxy) is 2. The number of nitrogens with zero attached hydrogens (tertiary/aromatic N) is 4. The van der Waals surface area contributed by atoms with E-state index in [0.717, 1.165) is 12.8 Å². The molecule has 0 radical (unpaired) electrons. The zero-order valence-electron chi connectivity index (χ0n) is 23.1. The summed E-state index contributed by atoms with van der Waals surface area (Å²) in [7, 11) is -4.25. The number of aryl methyl sites for hydroxylation is 1. The van der Waals surface area contributed by atoms with Crippen LogP contribution in [0, 0.1) is 6.92 Å². The van der Waals surface area contributed by atoms with E-state index >= 15 is 4.39 Å². The van der Waals surface area contributed by atoms with Crippen LogP contribution >= 0.6 is 7.75 Å². The Balaban J connectivity index is 1.32. The molecule has 0 unspecified atom stereocenters. The summed E-state index contributed by atoms with van der Waals surface area (Å²) < 4.78 is 52.8. The smallest absolute Gasteiger partial charge is 0.459 e. The van der Waals surface area contributed by atoms with Crippen LogP contribution in [-0.4, -0.2) is 73.8 Å². The molecule has 1 aliphatic heterocycles.